The van der Waals surface area contributed by atoms with Crippen molar-refractivity contribution in [2.45, 2.75) is 12.8 Å². The van der Waals surface area contributed by atoms with Crippen LogP contribution in [-0.4, -0.2) is 25.3 Å². The molecule has 0 unspecified atom stereocenters. The van der Waals surface area contributed by atoms with Crippen LogP contribution >= 0.6 is 11.6 Å². The summed E-state index contributed by atoms with van der Waals surface area (Å²) in [5.74, 6) is -1.26. The molecule has 2 aromatic rings. The molecule has 0 fully saturated rings. The van der Waals surface area contributed by atoms with Crippen molar-refractivity contribution in [3.05, 3.63) is 64.4 Å². The molecule has 0 bridgehead atoms. The smallest absolute Gasteiger partial charge is 0.287 e. The number of carbonyl (C=O) groups excluding carboxylic acids is 2. The maximum Gasteiger partial charge on any atom is 0.287 e. The Morgan fingerprint density at radius 2 is 1.88 bits per heavy atom. The van der Waals surface area contributed by atoms with Crippen LogP contribution in [0.5, 0.6) is 5.75 Å². The maximum absolute atomic E-state index is 13.6. The van der Waals surface area contributed by atoms with E-state index in [1.807, 2.05) is 24.3 Å². The Labute approximate surface area is 144 Å². The second-order valence-corrected chi connectivity index (χ2v) is 5.63. The van der Waals surface area contributed by atoms with Crippen LogP contribution in [0.4, 0.5) is 4.39 Å². The minimum Gasteiger partial charge on any atom is -0.497 e. The van der Waals surface area contributed by atoms with Crippen LogP contribution in [0, 0.1) is 5.82 Å². The zero-order valence-corrected chi connectivity index (χ0v) is 13.9. The highest BCUT2D eigenvalue weighted by Crippen LogP contribution is 2.15. The van der Waals surface area contributed by atoms with E-state index in [-0.39, 0.29) is 17.0 Å². The predicted octanol–water partition coefficient (Wildman–Crippen LogP) is 2.96. The van der Waals surface area contributed by atoms with Crippen molar-refractivity contribution in [2.75, 3.05) is 13.7 Å². The van der Waals surface area contributed by atoms with Crippen molar-refractivity contribution in [1.29, 1.82) is 0 Å². The number of hydrogen-bond acceptors (Lipinski definition) is 3. The van der Waals surface area contributed by atoms with Crippen molar-refractivity contribution in [3.8, 4) is 5.75 Å². The number of methoxy groups -OCH3 is 1. The third kappa shape index (κ3) is 5.06. The quantitative estimate of drug-likeness (QED) is 0.782. The number of ketones is 1. The first-order chi connectivity index (χ1) is 11.5. The van der Waals surface area contributed by atoms with Gasteiger partial charge in [0.05, 0.1) is 7.11 Å². The average Bonchev–Trinajstić information content (AvgIpc) is 2.57. The molecule has 0 aromatic heterocycles. The van der Waals surface area contributed by atoms with Crippen molar-refractivity contribution in [3.63, 3.8) is 0 Å². The third-order valence-corrected chi connectivity index (χ3v) is 3.71. The summed E-state index contributed by atoms with van der Waals surface area (Å²) >= 11 is 5.65. The third-order valence-electron chi connectivity index (χ3n) is 3.48. The molecule has 0 saturated heterocycles. The lowest BCUT2D eigenvalue weighted by Gasteiger charge is -2.06. The monoisotopic (exact) mass is 349 g/mol. The standard InChI is InChI=1S/C18H17ClFNO3/c1-24-15-6-2-12(3-7-15)8-9-21-18(23)17(22)10-13-4-5-14(19)11-16(13)20/h2-7,11H,8-10H2,1H3,(H,21,23). The van der Waals surface area contributed by atoms with Gasteiger partial charge < -0.3 is 10.1 Å². The summed E-state index contributed by atoms with van der Waals surface area (Å²) in [6, 6.07) is 11.4. The zero-order chi connectivity index (χ0) is 17.5. The SMILES string of the molecule is COc1ccc(CCNC(=O)C(=O)Cc2ccc(Cl)cc2F)cc1. The normalized spacial score (nSPS) is 10.3. The maximum atomic E-state index is 13.6. The molecule has 2 aromatic carbocycles. The van der Waals surface area contributed by atoms with Gasteiger partial charge in [-0.3, -0.25) is 9.59 Å². The summed E-state index contributed by atoms with van der Waals surface area (Å²) in [7, 11) is 1.59. The van der Waals surface area contributed by atoms with E-state index in [1.165, 1.54) is 12.1 Å². The number of ether oxygens (including phenoxy) is 1. The van der Waals surface area contributed by atoms with E-state index in [1.54, 1.807) is 7.11 Å². The Bertz CT molecular complexity index is 732. The molecule has 24 heavy (non-hydrogen) atoms. The van der Waals surface area contributed by atoms with E-state index in [0.717, 1.165) is 17.4 Å². The lowest BCUT2D eigenvalue weighted by molar-refractivity contribution is -0.137. The number of halogens is 2. The van der Waals surface area contributed by atoms with Gasteiger partial charge in [0.15, 0.2) is 0 Å². The Morgan fingerprint density at radius 1 is 1.17 bits per heavy atom. The van der Waals surface area contributed by atoms with Gasteiger partial charge in [0, 0.05) is 18.0 Å². The molecule has 0 radical (unpaired) electrons. The van der Waals surface area contributed by atoms with Gasteiger partial charge in [0.1, 0.15) is 11.6 Å². The summed E-state index contributed by atoms with van der Waals surface area (Å²) in [4.78, 5) is 23.6. The molecule has 2 rings (SSSR count). The summed E-state index contributed by atoms with van der Waals surface area (Å²) < 4.78 is 18.7. The van der Waals surface area contributed by atoms with Crippen molar-refractivity contribution in [1.82, 2.24) is 5.32 Å². The van der Waals surface area contributed by atoms with Crippen LogP contribution in [0.2, 0.25) is 5.02 Å². The van der Waals surface area contributed by atoms with Crippen molar-refractivity contribution in [2.24, 2.45) is 0 Å². The summed E-state index contributed by atoms with van der Waals surface area (Å²) in [6.45, 7) is 0.319. The van der Waals surface area contributed by atoms with Crippen LogP contribution < -0.4 is 10.1 Å². The molecule has 126 valence electrons. The number of carbonyl (C=O) groups is 2. The second kappa shape index (κ2) is 8.45. The van der Waals surface area contributed by atoms with Crippen LogP contribution in [0.1, 0.15) is 11.1 Å². The van der Waals surface area contributed by atoms with E-state index in [4.69, 9.17) is 16.3 Å². The van der Waals surface area contributed by atoms with E-state index in [0.29, 0.717) is 13.0 Å². The number of rotatable bonds is 7. The highest BCUT2D eigenvalue weighted by molar-refractivity contribution is 6.36. The van der Waals surface area contributed by atoms with Gasteiger partial charge in [0.2, 0.25) is 5.78 Å². The number of hydrogen-bond donors (Lipinski definition) is 1. The Morgan fingerprint density at radius 3 is 2.50 bits per heavy atom. The van der Waals surface area contributed by atoms with Crippen molar-refractivity contribution >= 4 is 23.3 Å². The first-order valence-corrected chi connectivity index (χ1v) is 7.75. The first-order valence-electron chi connectivity index (χ1n) is 7.37. The van der Waals surface area contributed by atoms with Gasteiger partial charge in [-0.25, -0.2) is 4.39 Å². The molecule has 0 aliphatic heterocycles. The zero-order valence-electron chi connectivity index (χ0n) is 13.1. The minimum absolute atomic E-state index is 0.148. The van der Waals surface area contributed by atoms with E-state index < -0.39 is 17.5 Å². The summed E-state index contributed by atoms with van der Waals surface area (Å²) in [5.41, 5.74) is 1.15. The fourth-order valence-corrected chi connectivity index (χ4v) is 2.29. The molecule has 0 heterocycles. The Hall–Kier alpha value is -2.40. The summed E-state index contributed by atoms with van der Waals surface area (Å²) in [6.07, 6.45) is 0.287. The van der Waals surface area contributed by atoms with Gasteiger partial charge in [0.25, 0.3) is 5.91 Å². The van der Waals surface area contributed by atoms with Gasteiger partial charge in [-0.05, 0) is 41.8 Å². The fourth-order valence-electron chi connectivity index (χ4n) is 2.13. The minimum atomic E-state index is -0.724. The fraction of sp³-hybridized carbons (Fsp3) is 0.222. The summed E-state index contributed by atoms with van der Waals surface area (Å²) in [5, 5.41) is 2.79. The lowest BCUT2D eigenvalue weighted by Crippen LogP contribution is -2.33. The molecule has 1 N–H and O–H groups in total. The topological polar surface area (TPSA) is 55.4 Å². The number of nitrogens with one attached hydrogen (secondary N) is 1. The highest BCUT2D eigenvalue weighted by atomic mass is 35.5. The van der Waals surface area contributed by atoms with Gasteiger partial charge in [-0.2, -0.15) is 0 Å². The van der Waals surface area contributed by atoms with E-state index >= 15 is 0 Å². The van der Waals surface area contributed by atoms with Gasteiger partial charge >= 0.3 is 0 Å². The molecule has 1 amide bonds. The molecule has 6 heteroatoms. The van der Waals surface area contributed by atoms with Gasteiger partial charge in [-0.15, -0.1) is 0 Å². The molecular weight excluding hydrogens is 333 g/mol. The largest absolute Gasteiger partial charge is 0.497 e. The van der Waals surface area contributed by atoms with Crippen LogP contribution in [0.15, 0.2) is 42.5 Å². The van der Waals surface area contributed by atoms with Crippen LogP contribution in [0.3, 0.4) is 0 Å². The number of amides is 1. The molecule has 0 aliphatic carbocycles. The molecule has 0 atom stereocenters. The predicted molar refractivity (Wildman–Crippen MR) is 89.8 cm³/mol. The Balaban J connectivity index is 1.81. The molecule has 0 spiro atoms. The molecular formula is C18H17ClFNO3. The highest BCUT2D eigenvalue weighted by Gasteiger charge is 2.16. The number of Topliss-reactive ketones (excluding diaryl/α,β-unsaturated/α-hetero) is 1. The Kier molecular flexibility index (Phi) is 6.32. The first kappa shape index (κ1) is 17.9. The molecule has 4 nitrogen and oxygen atoms in total. The number of benzene rings is 2. The average molecular weight is 350 g/mol. The molecule has 0 saturated carbocycles. The van der Waals surface area contributed by atoms with E-state index in [9.17, 15) is 14.0 Å². The van der Waals surface area contributed by atoms with Crippen LogP contribution in [0.25, 0.3) is 0 Å². The van der Waals surface area contributed by atoms with Crippen LogP contribution in [-0.2, 0) is 22.4 Å². The van der Waals surface area contributed by atoms with Gasteiger partial charge in [-0.1, -0.05) is 29.8 Å². The second-order valence-electron chi connectivity index (χ2n) is 5.19. The molecule has 0 aliphatic rings. The lowest BCUT2D eigenvalue weighted by atomic mass is 10.1. The van der Waals surface area contributed by atoms with E-state index in [2.05, 4.69) is 5.32 Å². The van der Waals surface area contributed by atoms with Crippen molar-refractivity contribution < 1.29 is 18.7 Å².